The zero-order valence-corrected chi connectivity index (χ0v) is 17.3. The molecule has 29 heavy (non-hydrogen) atoms. The summed E-state index contributed by atoms with van der Waals surface area (Å²) < 4.78 is 18.9. The number of hydrogen-bond donors (Lipinski definition) is 0. The van der Waals surface area contributed by atoms with E-state index in [4.69, 9.17) is 14.2 Å². The summed E-state index contributed by atoms with van der Waals surface area (Å²) >= 11 is 0. The summed E-state index contributed by atoms with van der Waals surface area (Å²) in [4.78, 5) is 12.6. The first-order valence-electron chi connectivity index (χ1n) is 10.6. The number of esters is 1. The first-order valence-corrected chi connectivity index (χ1v) is 10.6. The lowest BCUT2D eigenvalue weighted by atomic mass is 9.50. The molecule has 2 heterocycles. The predicted molar refractivity (Wildman–Crippen MR) is 110 cm³/mol. The van der Waals surface area contributed by atoms with Gasteiger partial charge in [-0.1, -0.05) is 50.2 Å². The van der Waals surface area contributed by atoms with Crippen LogP contribution in [0, 0.1) is 23.2 Å². The molecular formula is C25H28O4. The van der Waals surface area contributed by atoms with E-state index in [-0.39, 0.29) is 29.0 Å². The highest BCUT2D eigenvalue weighted by Crippen LogP contribution is 2.63. The highest BCUT2D eigenvalue weighted by atomic mass is 16.5. The van der Waals surface area contributed by atoms with Gasteiger partial charge in [-0.05, 0) is 43.4 Å². The molecule has 0 N–H and O–H groups in total. The minimum atomic E-state index is -0.273. The van der Waals surface area contributed by atoms with Gasteiger partial charge >= 0.3 is 5.97 Å². The van der Waals surface area contributed by atoms with E-state index in [0.29, 0.717) is 30.6 Å². The zero-order chi connectivity index (χ0) is 20.2. The van der Waals surface area contributed by atoms with Gasteiger partial charge in [0.1, 0.15) is 11.4 Å². The second-order valence-corrected chi connectivity index (χ2v) is 9.28. The normalized spacial score (nSPS) is 37.2. The van der Waals surface area contributed by atoms with Gasteiger partial charge in [0, 0.05) is 16.9 Å². The summed E-state index contributed by atoms with van der Waals surface area (Å²) in [6.07, 6.45) is 0.962. The molecule has 0 unspecified atom stereocenters. The Morgan fingerprint density at radius 3 is 2.62 bits per heavy atom. The second kappa shape index (κ2) is 6.60. The Bertz CT molecular complexity index is 925. The molecule has 2 fully saturated rings. The van der Waals surface area contributed by atoms with Crippen molar-refractivity contribution < 1.29 is 19.0 Å². The fraction of sp³-hybridized carbons (Fsp3) is 0.480. The molecule has 2 aliphatic heterocycles. The molecule has 1 saturated carbocycles. The minimum absolute atomic E-state index is 0.0328. The molecule has 0 aromatic heterocycles. The molecule has 1 saturated heterocycles. The number of benzene rings is 2. The molecule has 4 heteroatoms. The van der Waals surface area contributed by atoms with Crippen molar-refractivity contribution in [2.45, 2.75) is 38.9 Å². The van der Waals surface area contributed by atoms with Gasteiger partial charge in [0.05, 0.1) is 24.9 Å². The van der Waals surface area contributed by atoms with Crippen LogP contribution >= 0.6 is 0 Å². The summed E-state index contributed by atoms with van der Waals surface area (Å²) in [5, 5.41) is 0. The smallest absolute Gasteiger partial charge is 0.338 e. The lowest BCUT2D eigenvalue weighted by molar-refractivity contribution is -0.259. The standard InChI is InChI=1S/C25H28O4/c1-16-13-24(3)21-17(2)25(16,15-28-23(26)18-9-5-4-6-10-18)14-27-22(21)19-11-7-8-12-20(19)29-24/h4-12,16-17,21-22H,13-15H2,1-3H3/t16-,17+,21-,22-,24-,25+/m1/s1. The molecule has 3 aliphatic rings. The van der Waals surface area contributed by atoms with Crippen LogP contribution in [0.3, 0.4) is 0 Å². The molecule has 1 aliphatic carbocycles. The van der Waals surface area contributed by atoms with E-state index in [1.807, 2.05) is 36.4 Å². The van der Waals surface area contributed by atoms with Crippen molar-refractivity contribution in [3.05, 3.63) is 65.7 Å². The highest BCUT2D eigenvalue weighted by molar-refractivity contribution is 5.89. The van der Waals surface area contributed by atoms with E-state index in [1.54, 1.807) is 12.1 Å². The van der Waals surface area contributed by atoms with E-state index in [1.165, 1.54) is 0 Å². The number of para-hydroxylation sites is 1. The third-order valence-corrected chi connectivity index (χ3v) is 7.75. The quantitative estimate of drug-likeness (QED) is 0.686. The van der Waals surface area contributed by atoms with Gasteiger partial charge in [-0.2, -0.15) is 0 Å². The number of carbonyl (C=O) groups is 1. The summed E-state index contributed by atoms with van der Waals surface area (Å²) in [7, 11) is 0. The van der Waals surface area contributed by atoms with E-state index < -0.39 is 0 Å². The van der Waals surface area contributed by atoms with Crippen LogP contribution in [0.2, 0.25) is 0 Å². The number of rotatable bonds is 3. The Labute approximate surface area is 172 Å². The van der Waals surface area contributed by atoms with Gasteiger partial charge in [0.25, 0.3) is 0 Å². The first-order chi connectivity index (χ1) is 13.9. The summed E-state index contributed by atoms with van der Waals surface area (Å²) in [5.74, 6) is 1.54. The SMILES string of the molecule is C[C@@H]1C[C@@]2(C)Oc3ccccc3[C@H]3OC[C@@]1(COC(=O)c1ccccc1)[C@@H](C)[C@H]32. The van der Waals surface area contributed by atoms with Crippen LogP contribution in [0.15, 0.2) is 54.6 Å². The maximum Gasteiger partial charge on any atom is 0.338 e. The van der Waals surface area contributed by atoms with Crippen LogP contribution in [0.1, 0.15) is 49.2 Å². The largest absolute Gasteiger partial charge is 0.487 e. The molecule has 2 aromatic carbocycles. The zero-order valence-electron chi connectivity index (χ0n) is 17.3. The van der Waals surface area contributed by atoms with Gasteiger partial charge < -0.3 is 14.2 Å². The summed E-state index contributed by atoms with van der Waals surface area (Å²) in [6.45, 7) is 7.75. The number of ether oxygens (including phenoxy) is 3. The van der Waals surface area contributed by atoms with Crippen LogP contribution in [0.5, 0.6) is 5.75 Å². The van der Waals surface area contributed by atoms with Crippen molar-refractivity contribution >= 4 is 5.97 Å². The lowest BCUT2D eigenvalue weighted by Gasteiger charge is -2.63. The van der Waals surface area contributed by atoms with Crippen molar-refractivity contribution in [3.63, 3.8) is 0 Å². The summed E-state index contributed by atoms with van der Waals surface area (Å²) in [6, 6.07) is 17.4. The maximum absolute atomic E-state index is 12.6. The van der Waals surface area contributed by atoms with Crippen LogP contribution in [0.25, 0.3) is 0 Å². The minimum Gasteiger partial charge on any atom is -0.487 e. The number of fused-ring (bicyclic) bond motifs is 3. The molecule has 0 radical (unpaired) electrons. The maximum atomic E-state index is 12.6. The Kier molecular flexibility index (Phi) is 4.25. The van der Waals surface area contributed by atoms with Gasteiger partial charge in [-0.15, -0.1) is 0 Å². The summed E-state index contributed by atoms with van der Waals surface area (Å²) in [5.41, 5.74) is 1.27. The Morgan fingerprint density at radius 2 is 1.83 bits per heavy atom. The van der Waals surface area contributed by atoms with E-state index in [0.717, 1.165) is 17.7 Å². The van der Waals surface area contributed by atoms with Crippen molar-refractivity contribution in [3.8, 4) is 5.75 Å². The molecule has 2 bridgehead atoms. The third kappa shape index (κ3) is 2.72. The molecule has 5 rings (SSSR count). The van der Waals surface area contributed by atoms with Crippen LogP contribution < -0.4 is 4.74 Å². The average molecular weight is 392 g/mol. The molecule has 0 amide bonds. The topological polar surface area (TPSA) is 44.8 Å². The van der Waals surface area contributed by atoms with Gasteiger partial charge in [-0.3, -0.25) is 0 Å². The van der Waals surface area contributed by atoms with E-state index in [9.17, 15) is 4.79 Å². The van der Waals surface area contributed by atoms with Crippen molar-refractivity contribution in [1.29, 1.82) is 0 Å². The molecule has 6 atom stereocenters. The van der Waals surface area contributed by atoms with E-state index >= 15 is 0 Å². The van der Waals surface area contributed by atoms with Gasteiger partial charge in [-0.25, -0.2) is 4.79 Å². The van der Waals surface area contributed by atoms with Crippen molar-refractivity contribution in [2.75, 3.05) is 13.2 Å². The first kappa shape index (κ1) is 18.7. The van der Waals surface area contributed by atoms with Crippen LogP contribution in [-0.2, 0) is 9.47 Å². The predicted octanol–water partition coefficient (Wildman–Crippen LogP) is 5.04. The lowest BCUT2D eigenvalue weighted by Crippen LogP contribution is -2.66. The molecule has 4 nitrogen and oxygen atoms in total. The Morgan fingerprint density at radius 1 is 1.10 bits per heavy atom. The van der Waals surface area contributed by atoms with Gasteiger partial charge in [0.15, 0.2) is 0 Å². The number of hydrogen-bond acceptors (Lipinski definition) is 4. The van der Waals surface area contributed by atoms with Crippen LogP contribution in [-0.4, -0.2) is 24.8 Å². The molecule has 2 aromatic rings. The highest BCUT2D eigenvalue weighted by Gasteiger charge is 2.64. The average Bonchev–Trinajstić information content (AvgIpc) is 2.72. The fourth-order valence-corrected chi connectivity index (χ4v) is 6.11. The van der Waals surface area contributed by atoms with E-state index in [2.05, 4.69) is 26.8 Å². The number of carbonyl (C=O) groups excluding carboxylic acids is 1. The Balaban J connectivity index is 1.44. The molecular weight excluding hydrogens is 364 g/mol. The molecule has 0 spiro atoms. The van der Waals surface area contributed by atoms with Crippen LogP contribution in [0.4, 0.5) is 0 Å². The molecule has 152 valence electrons. The fourth-order valence-electron chi connectivity index (χ4n) is 6.11. The third-order valence-electron chi connectivity index (χ3n) is 7.75. The van der Waals surface area contributed by atoms with Crippen molar-refractivity contribution in [1.82, 2.24) is 0 Å². The second-order valence-electron chi connectivity index (χ2n) is 9.28. The monoisotopic (exact) mass is 392 g/mol. The van der Waals surface area contributed by atoms with Gasteiger partial charge in [0.2, 0.25) is 0 Å². The van der Waals surface area contributed by atoms with Crippen molar-refractivity contribution in [2.24, 2.45) is 23.2 Å². The Hall–Kier alpha value is -2.33.